The molecule has 0 spiro atoms. The minimum Gasteiger partial charge on any atom is -0.379 e. The van der Waals surface area contributed by atoms with Crippen LogP contribution in [0, 0.1) is 5.82 Å². The third-order valence-corrected chi connectivity index (χ3v) is 7.47. The van der Waals surface area contributed by atoms with Crippen LogP contribution in [-0.4, -0.2) is 80.7 Å². The topological polar surface area (TPSA) is 141 Å². The second-order valence-corrected chi connectivity index (χ2v) is 10.4. The number of anilines is 3. The Morgan fingerprint density at radius 1 is 0.949 bits per heavy atom. The third-order valence-electron chi connectivity index (χ3n) is 7.47. The van der Waals surface area contributed by atoms with E-state index in [2.05, 4.69) is 41.7 Å². The molecule has 0 unspecified atom stereocenters. The van der Waals surface area contributed by atoms with Gasteiger partial charge in [0.05, 0.1) is 23.8 Å². The van der Waals surface area contributed by atoms with E-state index >= 15 is 0 Å². The number of piperazine rings is 1. The molecular weight excluding hydrogens is 503 g/mol. The Morgan fingerprint density at radius 2 is 1.67 bits per heavy atom. The van der Waals surface area contributed by atoms with Crippen molar-refractivity contribution < 1.29 is 14.0 Å². The van der Waals surface area contributed by atoms with Gasteiger partial charge < -0.3 is 31.5 Å². The molecule has 206 valence electrons. The fourth-order valence-electron chi connectivity index (χ4n) is 5.14. The number of pyridine rings is 1. The Bertz CT molecular complexity index is 1350. The summed E-state index contributed by atoms with van der Waals surface area (Å²) in [7, 11) is 0. The van der Waals surface area contributed by atoms with E-state index in [4.69, 9.17) is 0 Å². The van der Waals surface area contributed by atoms with Gasteiger partial charge in [-0.25, -0.2) is 18.7 Å². The number of carbonyl (C=O) groups excluding carboxylic acids is 2. The molecule has 13 heteroatoms. The van der Waals surface area contributed by atoms with Gasteiger partial charge in [0.25, 0.3) is 5.91 Å². The minimum atomic E-state index is -0.620. The Kier molecular flexibility index (Phi) is 7.14. The number of urea groups is 1. The smallest absolute Gasteiger partial charge is 0.317 e. The molecular formula is C26H33FN10O2. The van der Waals surface area contributed by atoms with Crippen molar-refractivity contribution in [2.24, 2.45) is 0 Å². The summed E-state index contributed by atoms with van der Waals surface area (Å²) in [5.41, 5.74) is 1.56. The van der Waals surface area contributed by atoms with Crippen molar-refractivity contribution in [2.75, 3.05) is 42.1 Å². The average Bonchev–Trinajstić information content (AvgIpc) is 3.66. The van der Waals surface area contributed by atoms with Gasteiger partial charge in [-0.05, 0) is 44.6 Å². The molecule has 12 nitrogen and oxygen atoms in total. The van der Waals surface area contributed by atoms with Crippen LogP contribution in [0.4, 0.5) is 26.4 Å². The number of amides is 3. The summed E-state index contributed by atoms with van der Waals surface area (Å²) in [6.45, 7) is 3.14. The largest absolute Gasteiger partial charge is 0.379 e. The van der Waals surface area contributed by atoms with Gasteiger partial charge >= 0.3 is 6.03 Å². The molecule has 1 saturated heterocycles. The second kappa shape index (κ2) is 11.0. The van der Waals surface area contributed by atoms with Gasteiger partial charge in [0.1, 0.15) is 5.82 Å². The van der Waals surface area contributed by atoms with E-state index in [0.29, 0.717) is 17.5 Å². The van der Waals surface area contributed by atoms with Gasteiger partial charge in [0.2, 0.25) is 0 Å². The molecule has 3 amide bonds. The summed E-state index contributed by atoms with van der Waals surface area (Å²) < 4.78 is 15.6. The van der Waals surface area contributed by atoms with Crippen LogP contribution < -0.4 is 26.6 Å². The lowest BCUT2D eigenvalue weighted by Crippen LogP contribution is -2.53. The predicted octanol–water partition coefficient (Wildman–Crippen LogP) is 2.43. The first-order chi connectivity index (χ1) is 19.0. The van der Waals surface area contributed by atoms with Crippen molar-refractivity contribution in [3.05, 3.63) is 42.2 Å². The minimum absolute atomic E-state index is 0.0216. The lowest BCUT2D eigenvalue weighted by atomic mass is 9.91. The molecule has 3 aliphatic rings. The van der Waals surface area contributed by atoms with Crippen molar-refractivity contribution in [3.63, 3.8) is 0 Å². The SMILES string of the molecule is O=C(Nc1ccncc1F)c1cnc2c(NC3CC3)cc(NC3CCC(NC(=O)N4CCNCC4)CC3)nn12. The normalized spacial score (nSPS) is 21.4. The molecule has 0 bridgehead atoms. The maximum Gasteiger partial charge on any atom is 0.317 e. The van der Waals surface area contributed by atoms with Crippen LogP contribution in [-0.2, 0) is 0 Å². The molecule has 1 aliphatic heterocycles. The molecule has 2 aliphatic carbocycles. The van der Waals surface area contributed by atoms with Crippen molar-refractivity contribution in [1.82, 2.24) is 35.1 Å². The van der Waals surface area contributed by atoms with E-state index in [1.165, 1.54) is 23.0 Å². The Labute approximate surface area is 225 Å². The van der Waals surface area contributed by atoms with Crippen molar-refractivity contribution in [3.8, 4) is 0 Å². The molecule has 3 aromatic rings. The number of halogens is 1. The highest BCUT2D eigenvalue weighted by Crippen LogP contribution is 2.30. The van der Waals surface area contributed by atoms with E-state index in [1.807, 2.05) is 11.0 Å². The highest BCUT2D eigenvalue weighted by Gasteiger charge is 2.27. The van der Waals surface area contributed by atoms with E-state index in [1.54, 1.807) is 0 Å². The first kappa shape index (κ1) is 25.3. The van der Waals surface area contributed by atoms with Gasteiger partial charge in [-0.15, -0.1) is 5.10 Å². The van der Waals surface area contributed by atoms with Gasteiger partial charge in [0, 0.05) is 56.6 Å². The molecule has 3 fully saturated rings. The Morgan fingerprint density at radius 3 is 2.41 bits per heavy atom. The van der Waals surface area contributed by atoms with Gasteiger partial charge in [-0.2, -0.15) is 0 Å². The molecule has 0 aromatic carbocycles. The molecule has 0 atom stereocenters. The van der Waals surface area contributed by atoms with Gasteiger partial charge in [-0.3, -0.25) is 9.78 Å². The summed E-state index contributed by atoms with van der Waals surface area (Å²) in [5, 5.41) is 20.7. The molecule has 39 heavy (non-hydrogen) atoms. The number of aromatic nitrogens is 4. The standard InChI is InChI=1S/C26H33FN10O2/c27-19-14-29-8-7-20(19)34-25(38)22-15-30-24-21(31-16-1-2-16)13-23(35-37(22)24)32-17-3-5-18(6-4-17)33-26(39)36-11-9-28-10-12-36/h7-8,13-18,28,31H,1-6,9-12H2,(H,32,35)(H,33,39)(H,29,34,38). The Balaban J connectivity index is 1.14. The summed E-state index contributed by atoms with van der Waals surface area (Å²) in [6.07, 6.45) is 9.59. The molecule has 5 N–H and O–H groups in total. The highest BCUT2D eigenvalue weighted by atomic mass is 19.1. The fraction of sp³-hybridized carbons (Fsp3) is 0.500. The summed E-state index contributed by atoms with van der Waals surface area (Å²) >= 11 is 0. The number of carbonyl (C=O) groups is 2. The number of nitrogens with one attached hydrogen (secondary N) is 5. The van der Waals surface area contributed by atoms with Gasteiger partial charge in [0.15, 0.2) is 17.2 Å². The molecule has 0 radical (unpaired) electrons. The lowest BCUT2D eigenvalue weighted by molar-refractivity contribution is 0.102. The molecule has 3 aromatic heterocycles. The zero-order valence-electron chi connectivity index (χ0n) is 21.6. The number of hydrogen-bond acceptors (Lipinski definition) is 8. The number of rotatable bonds is 7. The van der Waals surface area contributed by atoms with Crippen molar-refractivity contribution in [2.45, 2.75) is 56.7 Å². The molecule has 4 heterocycles. The number of fused-ring (bicyclic) bond motifs is 1. The average molecular weight is 537 g/mol. The zero-order chi connectivity index (χ0) is 26.8. The van der Waals surface area contributed by atoms with Gasteiger partial charge in [-0.1, -0.05) is 0 Å². The number of hydrogen-bond donors (Lipinski definition) is 5. The van der Waals surface area contributed by atoms with E-state index in [0.717, 1.165) is 76.6 Å². The van der Waals surface area contributed by atoms with Crippen LogP contribution in [0.2, 0.25) is 0 Å². The van der Waals surface area contributed by atoms with E-state index < -0.39 is 11.7 Å². The fourth-order valence-corrected chi connectivity index (χ4v) is 5.14. The summed E-state index contributed by atoms with van der Waals surface area (Å²) in [5.74, 6) is -0.512. The quantitative estimate of drug-likeness (QED) is 0.310. The Hall–Kier alpha value is -4.00. The molecule has 6 rings (SSSR count). The second-order valence-electron chi connectivity index (χ2n) is 10.4. The predicted molar refractivity (Wildman–Crippen MR) is 144 cm³/mol. The zero-order valence-corrected chi connectivity index (χ0v) is 21.6. The van der Waals surface area contributed by atoms with Crippen molar-refractivity contribution >= 4 is 34.8 Å². The first-order valence-corrected chi connectivity index (χ1v) is 13.6. The van der Waals surface area contributed by atoms with Crippen LogP contribution in [0.1, 0.15) is 49.0 Å². The van der Waals surface area contributed by atoms with Crippen LogP contribution in [0.15, 0.2) is 30.7 Å². The maximum absolute atomic E-state index is 14.1. The van der Waals surface area contributed by atoms with Crippen LogP contribution in [0.25, 0.3) is 5.65 Å². The van der Waals surface area contributed by atoms with Crippen LogP contribution in [0.5, 0.6) is 0 Å². The third kappa shape index (κ3) is 5.87. The number of imidazole rings is 1. The van der Waals surface area contributed by atoms with E-state index in [9.17, 15) is 14.0 Å². The monoisotopic (exact) mass is 536 g/mol. The lowest BCUT2D eigenvalue weighted by Gasteiger charge is -2.33. The maximum atomic E-state index is 14.1. The molecule has 2 saturated carbocycles. The van der Waals surface area contributed by atoms with Crippen LogP contribution in [0.3, 0.4) is 0 Å². The summed E-state index contributed by atoms with van der Waals surface area (Å²) in [4.78, 5) is 35.7. The van der Waals surface area contributed by atoms with E-state index in [-0.39, 0.29) is 29.5 Å². The van der Waals surface area contributed by atoms with Crippen molar-refractivity contribution in [1.29, 1.82) is 0 Å². The van der Waals surface area contributed by atoms with Crippen LogP contribution >= 0.6 is 0 Å². The number of nitrogens with zero attached hydrogens (tertiary/aromatic N) is 5. The first-order valence-electron chi connectivity index (χ1n) is 13.6. The highest BCUT2D eigenvalue weighted by molar-refractivity contribution is 6.03. The summed E-state index contributed by atoms with van der Waals surface area (Å²) in [6, 6.07) is 4.07.